The Morgan fingerprint density at radius 3 is 2.73 bits per heavy atom. The summed E-state index contributed by atoms with van der Waals surface area (Å²) in [6, 6.07) is 0.321. The third-order valence-corrected chi connectivity index (χ3v) is 7.01. The van der Waals surface area contributed by atoms with E-state index >= 15 is 0 Å². The smallest absolute Gasteiger partial charge is 0.222 e. The van der Waals surface area contributed by atoms with E-state index in [9.17, 15) is 4.79 Å². The van der Waals surface area contributed by atoms with Gasteiger partial charge in [-0.2, -0.15) is 0 Å². The molecule has 3 rings (SSSR count). The Balaban J connectivity index is 1.89. The van der Waals surface area contributed by atoms with E-state index in [2.05, 4.69) is 26.1 Å². The average molecular weight is 307 g/mol. The Bertz CT molecular complexity index is 443. The molecule has 22 heavy (non-hydrogen) atoms. The van der Waals surface area contributed by atoms with Crippen LogP contribution in [0.15, 0.2) is 0 Å². The Morgan fingerprint density at radius 2 is 2.09 bits per heavy atom. The van der Waals surface area contributed by atoms with Gasteiger partial charge in [-0.05, 0) is 48.3 Å². The van der Waals surface area contributed by atoms with E-state index in [1.165, 1.54) is 25.7 Å². The summed E-state index contributed by atoms with van der Waals surface area (Å²) in [6.07, 6.45) is 6.49. The van der Waals surface area contributed by atoms with Crippen molar-refractivity contribution in [2.24, 2.45) is 28.6 Å². The van der Waals surface area contributed by atoms with E-state index in [4.69, 9.17) is 4.74 Å². The van der Waals surface area contributed by atoms with Crippen molar-refractivity contribution in [2.45, 2.75) is 78.9 Å². The molecule has 1 amide bonds. The molecule has 0 aromatic heterocycles. The second-order valence-electron chi connectivity index (χ2n) is 8.84. The highest BCUT2D eigenvalue weighted by Crippen LogP contribution is 2.68. The van der Waals surface area contributed by atoms with Crippen molar-refractivity contribution >= 4 is 5.91 Å². The summed E-state index contributed by atoms with van der Waals surface area (Å²) >= 11 is 0. The summed E-state index contributed by atoms with van der Waals surface area (Å²) in [5.74, 6) is 1.67. The van der Waals surface area contributed by atoms with Crippen molar-refractivity contribution in [1.29, 1.82) is 0 Å². The number of rotatable bonds is 4. The first-order valence-corrected chi connectivity index (χ1v) is 9.25. The van der Waals surface area contributed by atoms with Gasteiger partial charge in [-0.3, -0.25) is 4.79 Å². The van der Waals surface area contributed by atoms with Gasteiger partial charge in [0.1, 0.15) is 0 Å². The van der Waals surface area contributed by atoms with Gasteiger partial charge in [0.2, 0.25) is 5.91 Å². The number of hydrogen-bond acceptors (Lipinski definition) is 2. The van der Waals surface area contributed by atoms with Gasteiger partial charge in [0.25, 0.3) is 0 Å². The molecule has 5 atom stereocenters. The van der Waals surface area contributed by atoms with Crippen LogP contribution in [0.4, 0.5) is 0 Å². The average Bonchev–Trinajstić information content (AvgIpc) is 2.93. The molecule has 1 spiro atoms. The Labute approximate surface area is 135 Å². The zero-order valence-corrected chi connectivity index (χ0v) is 14.9. The molecule has 1 heterocycles. The summed E-state index contributed by atoms with van der Waals surface area (Å²) in [4.78, 5) is 12.4. The highest BCUT2D eigenvalue weighted by molar-refractivity contribution is 5.78. The second-order valence-corrected chi connectivity index (χ2v) is 8.84. The largest absolute Gasteiger partial charge is 0.378 e. The first-order valence-electron chi connectivity index (χ1n) is 9.25. The number of carbonyl (C=O) groups excluding carboxylic acids is 1. The zero-order valence-electron chi connectivity index (χ0n) is 14.9. The van der Waals surface area contributed by atoms with E-state index < -0.39 is 0 Å². The van der Waals surface area contributed by atoms with E-state index in [-0.39, 0.29) is 22.7 Å². The maximum absolute atomic E-state index is 12.4. The summed E-state index contributed by atoms with van der Waals surface area (Å²) in [6.45, 7) is 11.9. The monoisotopic (exact) mass is 307 g/mol. The highest BCUT2D eigenvalue weighted by atomic mass is 16.5. The number of carbonyl (C=O) groups is 1. The maximum Gasteiger partial charge on any atom is 0.222 e. The molecule has 2 saturated carbocycles. The van der Waals surface area contributed by atoms with Crippen molar-refractivity contribution in [3.8, 4) is 0 Å². The third-order valence-electron chi connectivity index (χ3n) is 7.01. The quantitative estimate of drug-likeness (QED) is 0.858. The van der Waals surface area contributed by atoms with Gasteiger partial charge in [-0.15, -0.1) is 0 Å². The fourth-order valence-corrected chi connectivity index (χ4v) is 5.79. The molecular weight excluding hydrogens is 274 g/mol. The predicted molar refractivity (Wildman–Crippen MR) is 88.5 cm³/mol. The van der Waals surface area contributed by atoms with E-state index in [1.54, 1.807) is 0 Å². The van der Waals surface area contributed by atoms with Crippen LogP contribution in [0.25, 0.3) is 0 Å². The van der Waals surface area contributed by atoms with Crippen LogP contribution in [0.5, 0.6) is 0 Å². The lowest BCUT2D eigenvalue weighted by molar-refractivity contribution is -0.139. The molecule has 3 nitrogen and oxygen atoms in total. The summed E-state index contributed by atoms with van der Waals surface area (Å²) in [5, 5.41) is 3.46. The lowest BCUT2D eigenvalue weighted by atomic mass is 9.59. The van der Waals surface area contributed by atoms with Crippen LogP contribution in [0.1, 0.15) is 66.7 Å². The lowest BCUT2D eigenvalue weighted by Crippen LogP contribution is -2.60. The molecule has 126 valence electrons. The molecule has 2 bridgehead atoms. The fraction of sp³-hybridized carbons (Fsp3) is 0.947. The van der Waals surface area contributed by atoms with Crippen molar-refractivity contribution < 1.29 is 9.53 Å². The predicted octanol–water partition coefficient (Wildman–Crippen LogP) is 3.77. The summed E-state index contributed by atoms with van der Waals surface area (Å²) in [5.41, 5.74) is 0.506. The molecule has 0 aromatic carbocycles. The molecule has 3 heteroatoms. The minimum absolute atomic E-state index is 0.0658. The second kappa shape index (κ2) is 5.51. The topological polar surface area (TPSA) is 38.3 Å². The van der Waals surface area contributed by atoms with Gasteiger partial charge in [-0.1, -0.05) is 41.0 Å². The van der Waals surface area contributed by atoms with Crippen LogP contribution >= 0.6 is 0 Å². The maximum atomic E-state index is 12.4. The summed E-state index contributed by atoms with van der Waals surface area (Å²) < 4.78 is 6.14. The van der Waals surface area contributed by atoms with Gasteiger partial charge in [-0.25, -0.2) is 0 Å². The van der Waals surface area contributed by atoms with Gasteiger partial charge < -0.3 is 10.1 Å². The number of nitrogens with one attached hydrogen (secondary N) is 1. The Hall–Kier alpha value is -0.570. The van der Waals surface area contributed by atoms with Gasteiger partial charge in [0, 0.05) is 18.6 Å². The van der Waals surface area contributed by atoms with Crippen molar-refractivity contribution in [1.82, 2.24) is 5.32 Å². The number of fused-ring (bicyclic) bond motifs is 1. The van der Waals surface area contributed by atoms with Crippen molar-refractivity contribution in [3.63, 3.8) is 0 Å². The van der Waals surface area contributed by atoms with Crippen LogP contribution in [-0.4, -0.2) is 24.7 Å². The minimum atomic E-state index is 0.0658. The van der Waals surface area contributed by atoms with E-state index in [0.29, 0.717) is 18.1 Å². The molecule has 3 aliphatic rings. The molecule has 1 saturated heterocycles. The van der Waals surface area contributed by atoms with Crippen molar-refractivity contribution in [3.05, 3.63) is 0 Å². The standard InChI is InChI=1S/C19H33NO2/c1-6-7-15-14-10-13-11-19(14,8-9-22-15)17(18(13,4)5)20-16(21)12(2)3/h12-15,17H,6-11H2,1-5H3,(H,20,21)/t13-,14-,15-,17+,19-/m1/s1. The van der Waals surface area contributed by atoms with Gasteiger partial charge in [0.15, 0.2) is 0 Å². The lowest BCUT2D eigenvalue weighted by Gasteiger charge is -2.53. The van der Waals surface area contributed by atoms with Crippen LogP contribution < -0.4 is 5.32 Å². The van der Waals surface area contributed by atoms with E-state index in [1.807, 2.05) is 13.8 Å². The Kier molecular flexibility index (Phi) is 4.08. The normalized spacial score (nSPS) is 42.5. The van der Waals surface area contributed by atoms with Crippen molar-refractivity contribution in [2.75, 3.05) is 6.61 Å². The van der Waals surface area contributed by atoms with Crippen LogP contribution in [0.3, 0.4) is 0 Å². The number of amides is 1. The highest BCUT2D eigenvalue weighted by Gasteiger charge is 2.68. The van der Waals surface area contributed by atoms with E-state index in [0.717, 1.165) is 18.9 Å². The molecule has 0 aromatic rings. The molecule has 0 radical (unpaired) electrons. The molecule has 2 aliphatic carbocycles. The fourth-order valence-electron chi connectivity index (χ4n) is 5.79. The number of hydrogen-bond donors (Lipinski definition) is 1. The first kappa shape index (κ1) is 16.3. The molecule has 0 unspecified atom stereocenters. The van der Waals surface area contributed by atoms with Gasteiger partial charge in [0.05, 0.1) is 6.10 Å². The SMILES string of the molecule is CCC[C@H]1OCC[C@@]23C[C@@H](C[C@H]12)C(C)(C)[C@@H]3NC(=O)C(C)C. The van der Waals surface area contributed by atoms with Gasteiger partial charge >= 0.3 is 0 Å². The zero-order chi connectivity index (χ0) is 16.1. The Morgan fingerprint density at radius 1 is 1.36 bits per heavy atom. The third kappa shape index (κ3) is 2.23. The summed E-state index contributed by atoms with van der Waals surface area (Å²) in [7, 11) is 0. The minimum Gasteiger partial charge on any atom is -0.378 e. The molecule has 1 aliphatic heterocycles. The van der Waals surface area contributed by atoms with Crippen LogP contribution in [-0.2, 0) is 9.53 Å². The molecule has 1 N–H and O–H groups in total. The first-order chi connectivity index (χ1) is 10.3. The molecular formula is C19H33NO2. The van der Waals surface area contributed by atoms with Crippen LogP contribution in [0, 0.1) is 28.6 Å². The molecule has 3 fully saturated rings. The number of ether oxygens (including phenoxy) is 1. The van der Waals surface area contributed by atoms with Crippen LogP contribution in [0.2, 0.25) is 0 Å².